The first-order valence-electron chi connectivity index (χ1n) is 11.4. The molecule has 0 saturated carbocycles. The number of aromatic nitrogens is 1. The van der Waals surface area contributed by atoms with Crippen LogP contribution in [0.1, 0.15) is 35.9 Å². The van der Waals surface area contributed by atoms with Crippen LogP contribution in [0.4, 0.5) is 14.8 Å². The molecule has 0 amide bonds. The molecule has 1 aliphatic heterocycles. The van der Waals surface area contributed by atoms with Gasteiger partial charge in [0.25, 0.3) is 0 Å². The maximum atomic E-state index is 14.1. The molecule has 6 nitrogen and oxygen atoms in total. The number of nitrogens with one attached hydrogen (secondary N) is 2. The maximum absolute atomic E-state index is 14.1. The average Bonchev–Trinajstić information content (AvgIpc) is 3.25. The molecule has 2 aliphatic rings. The Morgan fingerprint density at radius 2 is 1.78 bits per heavy atom. The van der Waals surface area contributed by atoms with Gasteiger partial charge in [0.05, 0.1) is 0 Å². The van der Waals surface area contributed by atoms with Gasteiger partial charge in [0.15, 0.2) is 11.4 Å². The Labute approximate surface area is 209 Å². The smallest absolute Gasteiger partial charge is 0.302 e. The zero-order valence-electron chi connectivity index (χ0n) is 18.8. The second-order valence-corrected chi connectivity index (χ2v) is 9.23. The Balaban J connectivity index is 1.40. The highest BCUT2D eigenvalue weighted by Crippen LogP contribution is 2.42. The third-order valence-electron chi connectivity index (χ3n) is 6.35. The zero-order valence-corrected chi connectivity index (χ0v) is 19.5. The number of oxazole rings is 1. The van der Waals surface area contributed by atoms with Crippen LogP contribution in [0, 0.1) is 11.6 Å². The highest BCUT2D eigenvalue weighted by Gasteiger charge is 2.37. The lowest BCUT2D eigenvalue weighted by Gasteiger charge is -2.33. The number of carbonyl (C=O) groups excluding carboxylic acids is 1. The van der Waals surface area contributed by atoms with Gasteiger partial charge in [-0.15, -0.1) is 0 Å². The number of benzene rings is 3. The molecule has 0 spiro atoms. The summed E-state index contributed by atoms with van der Waals surface area (Å²) >= 11 is 6.19. The molecule has 0 fully saturated rings. The van der Waals surface area contributed by atoms with Crippen LogP contribution in [0.25, 0.3) is 11.1 Å². The summed E-state index contributed by atoms with van der Waals surface area (Å²) in [4.78, 5) is 22.4. The van der Waals surface area contributed by atoms with Crippen LogP contribution in [0.3, 0.4) is 0 Å². The van der Waals surface area contributed by atoms with E-state index in [-0.39, 0.29) is 35.7 Å². The highest BCUT2D eigenvalue weighted by molar-refractivity contribution is 6.30. The van der Waals surface area contributed by atoms with E-state index in [1.54, 1.807) is 12.1 Å². The number of nitrogens with zero attached hydrogens (tertiary/aromatic N) is 2. The number of carbonyl (C=O) groups is 1. The van der Waals surface area contributed by atoms with E-state index in [9.17, 15) is 13.6 Å². The minimum Gasteiger partial charge on any atom is -0.423 e. The Hall–Kier alpha value is -4.04. The maximum Gasteiger partial charge on any atom is 0.302 e. The van der Waals surface area contributed by atoms with Crippen molar-refractivity contribution in [3.05, 3.63) is 106 Å². The van der Waals surface area contributed by atoms with Crippen LogP contribution in [0.2, 0.25) is 5.02 Å². The zero-order chi connectivity index (χ0) is 24.8. The van der Waals surface area contributed by atoms with Gasteiger partial charge in [-0.2, -0.15) is 4.98 Å². The van der Waals surface area contributed by atoms with Crippen LogP contribution in [-0.4, -0.2) is 16.7 Å². The van der Waals surface area contributed by atoms with Gasteiger partial charge in [-0.1, -0.05) is 35.9 Å². The van der Waals surface area contributed by atoms with Crippen LogP contribution in [0.5, 0.6) is 0 Å². The number of guanidine groups is 1. The summed E-state index contributed by atoms with van der Waals surface area (Å²) in [6.45, 7) is 0. The van der Waals surface area contributed by atoms with E-state index in [1.165, 1.54) is 12.1 Å². The molecule has 3 aromatic carbocycles. The minimum atomic E-state index is -0.897. The van der Waals surface area contributed by atoms with Gasteiger partial charge in [0, 0.05) is 28.8 Å². The van der Waals surface area contributed by atoms with Gasteiger partial charge in [-0.3, -0.25) is 10.1 Å². The summed E-state index contributed by atoms with van der Waals surface area (Å²) in [5.74, 6) is -1.48. The first-order chi connectivity index (χ1) is 17.4. The van der Waals surface area contributed by atoms with E-state index < -0.39 is 17.7 Å². The molecule has 4 aromatic rings. The van der Waals surface area contributed by atoms with Crippen molar-refractivity contribution in [1.29, 1.82) is 0 Å². The molecule has 9 heteroatoms. The Bertz CT molecular complexity index is 1530. The number of ketones is 1. The predicted octanol–water partition coefficient (Wildman–Crippen LogP) is 6.27. The summed E-state index contributed by atoms with van der Waals surface area (Å²) in [6.07, 6.45) is 0.725. The molecule has 1 aromatic heterocycles. The number of hydrogen-bond acceptors (Lipinski definition) is 6. The van der Waals surface area contributed by atoms with Crippen LogP contribution in [-0.2, 0) is 4.79 Å². The molecule has 2 atom stereocenters. The van der Waals surface area contributed by atoms with Crippen molar-refractivity contribution in [2.75, 3.05) is 5.32 Å². The molecule has 6 rings (SSSR count). The molecule has 0 saturated heterocycles. The van der Waals surface area contributed by atoms with E-state index in [1.807, 2.05) is 36.4 Å². The van der Waals surface area contributed by atoms with E-state index in [2.05, 4.69) is 20.6 Å². The quantitative estimate of drug-likeness (QED) is 0.343. The number of fused-ring (bicyclic) bond motifs is 1. The van der Waals surface area contributed by atoms with Gasteiger partial charge in [0.2, 0.25) is 5.96 Å². The van der Waals surface area contributed by atoms with E-state index in [0.29, 0.717) is 33.8 Å². The number of aliphatic imine (C=N–C) groups is 1. The van der Waals surface area contributed by atoms with Crippen LogP contribution >= 0.6 is 11.6 Å². The largest absolute Gasteiger partial charge is 0.423 e. The number of anilines is 1. The molecular weight excluding hydrogens is 486 g/mol. The van der Waals surface area contributed by atoms with Crippen molar-refractivity contribution in [3.63, 3.8) is 0 Å². The number of allylic oxidation sites excluding steroid dienone is 1. The van der Waals surface area contributed by atoms with Gasteiger partial charge >= 0.3 is 6.01 Å². The van der Waals surface area contributed by atoms with Gasteiger partial charge in [-0.05, 0) is 59.9 Å². The summed E-state index contributed by atoms with van der Waals surface area (Å²) < 4.78 is 34.0. The molecule has 2 unspecified atom stereocenters. The van der Waals surface area contributed by atoms with E-state index >= 15 is 0 Å². The minimum absolute atomic E-state index is 0.115. The van der Waals surface area contributed by atoms with Gasteiger partial charge < -0.3 is 9.73 Å². The van der Waals surface area contributed by atoms with Crippen LogP contribution < -0.4 is 10.6 Å². The SMILES string of the molecule is O=C1CC(c2cccc(Cl)c2)CC2=C1C(c1cc(F)cc(F)c1)N=C(Nc1nc3ccccc3o1)N2. The summed E-state index contributed by atoms with van der Waals surface area (Å²) in [7, 11) is 0. The van der Waals surface area contributed by atoms with Crippen LogP contribution in [0.15, 0.2) is 87.4 Å². The van der Waals surface area contributed by atoms with Crippen molar-refractivity contribution in [2.24, 2.45) is 4.99 Å². The first-order valence-corrected chi connectivity index (χ1v) is 11.8. The molecular formula is C27H19ClF2N4O2. The molecule has 1 aliphatic carbocycles. The average molecular weight is 505 g/mol. The Morgan fingerprint density at radius 3 is 2.56 bits per heavy atom. The third-order valence-corrected chi connectivity index (χ3v) is 6.58. The number of Topliss-reactive ketones (excluding diaryl/α,β-unsaturated/α-hetero) is 1. The number of hydrogen-bond donors (Lipinski definition) is 2. The predicted molar refractivity (Wildman–Crippen MR) is 133 cm³/mol. The second kappa shape index (κ2) is 8.87. The Morgan fingerprint density at radius 1 is 0.972 bits per heavy atom. The highest BCUT2D eigenvalue weighted by atomic mass is 35.5. The third kappa shape index (κ3) is 4.24. The summed E-state index contributed by atoms with van der Waals surface area (Å²) in [5, 5.41) is 6.80. The Kier molecular flexibility index (Phi) is 5.53. The molecule has 0 radical (unpaired) electrons. The molecule has 2 heterocycles. The number of halogens is 3. The van der Waals surface area contributed by atoms with Crippen molar-refractivity contribution >= 4 is 40.5 Å². The van der Waals surface area contributed by atoms with Crippen molar-refractivity contribution in [1.82, 2.24) is 10.3 Å². The lowest BCUT2D eigenvalue weighted by atomic mass is 9.78. The molecule has 180 valence electrons. The lowest BCUT2D eigenvalue weighted by Crippen LogP contribution is -2.40. The molecule has 36 heavy (non-hydrogen) atoms. The van der Waals surface area contributed by atoms with Gasteiger partial charge in [-0.25, -0.2) is 13.8 Å². The van der Waals surface area contributed by atoms with Crippen molar-refractivity contribution in [3.8, 4) is 0 Å². The van der Waals surface area contributed by atoms with Crippen molar-refractivity contribution < 1.29 is 18.0 Å². The number of rotatable bonds is 3. The first kappa shape index (κ1) is 22.4. The second-order valence-electron chi connectivity index (χ2n) is 8.80. The molecule has 0 bridgehead atoms. The fourth-order valence-electron chi connectivity index (χ4n) is 4.80. The summed E-state index contributed by atoms with van der Waals surface area (Å²) in [5.41, 5.74) is 3.45. The van der Waals surface area contributed by atoms with E-state index in [0.717, 1.165) is 11.6 Å². The molecule has 2 N–H and O–H groups in total. The standard InChI is InChI=1S/C27H19ClF2N4O2/c28-17-5-3-4-14(8-17)15-11-21-24(22(35)12-15)25(16-9-18(29)13-19(30)10-16)33-26(31-21)34-27-32-20-6-1-2-7-23(20)36-27/h1-10,13,15,25H,11-12H2,(H2,31,32,33,34). The monoisotopic (exact) mass is 504 g/mol. The number of para-hydroxylation sites is 2. The fourth-order valence-corrected chi connectivity index (χ4v) is 4.99. The van der Waals surface area contributed by atoms with Gasteiger partial charge in [0.1, 0.15) is 23.2 Å². The lowest BCUT2D eigenvalue weighted by molar-refractivity contribution is -0.116. The normalized spacial score (nSPS) is 19.6. The van der Waals surface area contributed by atoms with E-state index in [4.69, 9.17) is 16.0 Å². The summed E-state index contributed by atoms with van der Waals surface area (Å²) in [6, 6.07) is 17.2. The fraction of sp³-hybridized carbons (Fsp3) is 0.148. The van der Waals surface area contributed by atoms with Crippen molar-refractivity contribution in [2.45, 2.75) is 24.8 Å². The topological polar surface area (TPSA) is 79.5 Å².